The van der Waals surface area contributed by atoms with Gasteiger partial charge in [0.2, 0.25) is 11.8 Å². The second kappa shape index (κ2) is 12.5. The summed E-state index contributed by atoms with van der Waals surface area (Å²) >= 11 is 6.22. The molecule has 0 aliphatic carbocycles. The van der Waals surface area contributed by atoms with Gasteiger partial charge in [-0.05, 0) is 77.0 Å². The number of fused-ring (bicyclic) bond motifs is 1. The van der Waals surface area contributed by atoms with Crippen LogP contribution in [0.5, 0.6) is 0 Å². The van der Waals surface area contributed by atoms with E-state index in [9.17, 15) is 19.5 Å². The topological polar surface area (TPSA) is 168 Å². The minimum Gasteiger partial charge on any atom is -0.477 e. The molecule has 6 rings (SSSR count). The van der Waals surface area contributed by atoms with E-state index in [1.54, 1.807) is 60.9 Å². The molecular formula is C30H25ClN8O5. The quantitative estimate of drug-likeness (QED) is 0.210. The second-order valence-corrected chi connectivity index (χ2v) is 10.5. The average molecular weight is 613 g/mol. The summed E-state index contributed by atoms with van der Waals surface area (Å²) in [5.41, 5.74) is 3.15. The molecule has 0 radical (unpaired) electrons. The molecule has 222 valence electrons. The highest BCUT2D eigenvalue weighted by atomic mass is 35.5. The zero-order valence-corrected chi connectivity index (χ0v) is 23.8. The van der Waals surface area contributed by atoms with Gasteiger partial charge in [0, 0.05) is 52.2 Å². The van der Waals surface area contributed by atoms with Gasteiger partial charge in [-0.15, -0.1) is 5.10 Å². The number of hydrogen-bond donors (Lipinski definition) is 3. The highest BCUT2D eigenvalue weighted by Crippen LogP contribution is 2.27. The zero-order chi connectivity index (χ0) is 30.6. The van der Waals surface area contributed by atoms with Crippen LogP contribution in [0.3, 0.4) is 0 Å². The Labute approximate surface area is 255 Å². The minimum atomic E-state index is -1.09. The van der Waals surface area contributed by atoms with E-state index < -0.39 is 29.9 Å². The molecule has 1 aliphatic heterocycles. The van der Waals surface area contributed by atoms with E-state index in [1.165, 1.54) is 28.1 Å². The Bertz CT molecular complexity index is 1860. The van der Waals surface area contributed by atoms with E-state index in [1.807, 2.05) is 6.07 Å². The van der Waals surface area contributed by atoms with Gasteiger partial charge in [-0.3, -0.25) is 14.6 Å². The van der Waals surface area contributed by atoms with Crippen LogP contribution in [0.15, 0.2) is 79.4 Å². The molecule has 3 aromatic heterocycles. The number of ether oxygens (including phenoxy) is 1. The number of carbonyl (C=O) groups excluding carboxylic acids is 2. The normalized spacial score (nSPS) is 16.5. The average Bonchev–Trinajstić information content (AvgIpc) is 3.79. The van der Waals surface area contributed by atoms with E-state index in [0.29, 0.717) is 39.3 Å². The third-order valence-electron chi connectivity index (χ3n) is 7.19. The fourth-order valence-corrected chi connectivity index (χ4v) is 5.30. The van der Waals surface area contributed by atoms with Crippen LogP contribution in [0.1, 0.15) is 28.0 Å². The van der Waals surface area contributed by atoms with Gasteiger partial charge < -0.3 is 25.0 Å². The molecule has 2 amide bonds. The predicted molar refractivity (Wildman–Crippen MR) is 160 cm³/mol. The van der Waals surface area contributed by atoms with Gasteiger partial charge in [-0.2, -0.15) is 4.68 Å². The number of carboxylic acid groups (broad SMARTS) is 1. The van der Waals surface area contributed by atoms with Crippen molar-refractivity contribution in [3.8, 4) is 5.69 Å². The number of tetrazole rings is 1. The molecule has 2 aromatic carbocycles. The fourth-order valence-electron chi connectivity index (χ4n) is 5.12. The third kappa shape index (κ3) is 6.19. The number of hydrogen-bond acceptors (Lipinski definition) is 8. The molecule has 14 heteroatoms. The Morgan fingerprint density at radius 1 is 1.16 bits per heavy atom. The number of nitrogens with one attached hydrogen (secondary N) is 2. The lowest BCUT2D eigenvalue weighted by atomic mass is 10.1. The van der Waals surface area contributed by atoms with Crippen LogP contribution in [0.2, 0.25) is 5.02 Å². The first-order valence-corrected chi connectivity index (χ1v) is 13.9. The van der Waals surface area contributed by atoms with E-state index >= 15 is 0 Å². The van der Waals surface area contributed by atoms with E-state index in [0.717, 1.165) is 5.56 Å². The Balaban J connectivity index is 1.25. The summed E-state index contributed by atoms with van der Waals surface area (Å²) in [4.78, 5) is 47.1. The van der Waals surface area contributed by atoms with Crippen molar-refractivity contribution < 1.29 is 24.2 Å². The Kier molecular flexibility index (Phi) is 8.12. The number of benzene rings is 2. The summed E-state index contributed by atoms with van der Waals surface area (Å²) < 4.78 is 7.61. The van der Waals surface area contributed by atoms with Crippen LogP contribution < -0.4 is 5.32 Å². The zero-order valence-electron chi connectivity index (χ0n) is 23.0. The molecule has 1 aliphatic rings. The maximum Gasteiger partial charge on any atom is 0.352 e. The van der Waals surface area contributed by atoms with E-state index in [-0.39, 0.29) is 18.8 Å². The van der Waals surface area contributed by atoms with E-state index in [2.05, 4.69) is 30.8 Å². The number of aromatic amines is 1. The first kappa shape index (κ1) is 28.7. The molecule has 4 heterocycles. The summed E-state index contributed by atoms with van der Waals surface area (Å²) in [5.74, 6) is -1.92. The summed E-state index contributed by atoms with van der Waals surface area (Å²) in [7, 11) is 0. The van der Waals surface area contributed by atoms with Crippen LogP contribution in [0.25, 0.3) is 22.7 Å². The SMILES string of the molecule is O=C(O)c1cc2cc(NC(=O)[C@@H]3[C@@H](OCc4cccnc4)CCN3C(=O)/C=C/c3cc(Cl)ccc3-n3cnnn3)ccc2[nH]1. The number of amides is 2. The molecule has 0 bridgehead atoms. The van der Waals surface area contributed by atoms with Crippen molar-refractivity contribution in [2.45, 2.75) is 25.2 Å². The summed E-state index contributed by atoms with van der Waals surface area (Å²) in [6.07, 6.45) is 7.59. The first-order chi connectivity index (χ1) is 21.4. The summed E-state index contributed by atoms with van der Waals surface area (Å²) in [5, 5.41) is 24.5. The second-order valence-electron chi connectivity index (χ2n) is 10.0. The monoisotopic (exact) mass is 612 g/mol. The maximum absolute atomic E-state index is 13.8. The van der Waals surface area contributed by atoms with Gasteiger partial charge in [0.05, 0.1) is 18.4 Å². The number of H-pyrrole nitrogens is 1. The summed E-state index contributed by atoms with van der Waals surface area (Å²) in [6, 6.07) is 14.3. The highest BCUT2D eigenvalue weighted by molar-refractivity contribution is 6.30. The Hall–Kier alpha value is -5.40. The number of nitrogens with zero attached hydrogens (tertiary/aromatic N) is 6. The standard InChI is InChI=1S/C30H25ClN8O5/c31-21-4-7-25(39-17-33-36-37-39)19(12-21)3-8-27(40)38-11-9-26(44-16-18-2-1-10-32-15-18)28(38)29(41)34-22-5-6-23-20(13-22)14-24(35-23)30(42)43/h1-8,10,12-15,17,26,28,35H,9,11,16H2,(H,34,41)(H,42,43)/b8-3+/t26-,28-/m0/s1. The number of pyridine rings is 1. The van der Waals surface area contributed by atoms with Crippen molar-refractivity contribution in [2.24, 2.45) is 0 Å². The summed E-state index contributed by atoms with van der Waals surface area (Å²) in [6.45, 7) is 0.498. The van der Waals surface area contributed by atoms with Gasteiger partial charge in [0.15, 0.2) is 0 Å². The number of anilines is 1. The number of aromatic nitrogens is 6. The molecular weight excluding hydrogens is 588 g/mol. The van der Waals surface area contributed by atoms with Crippen molar-refractivity contribution in [3.05, 3.63) is 101 Å². The molecule has 0 saturated carbocycles. The van der Waals surface area contributed by atoms with Gasteiger partial charge in [0.1, 0.15) is 18.1 Å². The molecule has 3 N–H and O–H groups in total. The first-order valence-electron chi connectivity index (χ1n) is 13.5. The van der Waals surface area contributed by atoms with Crippen LogP contribution in [0.4, 0.5) is 5.69 Å². The minimum absolute atomic E-state index is 0.0367. The Morgan fingerprint density at radius 3 is 2.82 bits per heavy atom. The molecule has 1 fully saturated rings. The molecule has 5 aromatic rings. The molecule has 1 saturated heterocycles. The molecule has 44 heavy (non-hydrogen) atoms. The molecule has 0 spiro atoms. The van der Waals surface area contributed by atoms with Crippen LogP contribution in [0, 0.1) is 0 Å². The lowest BCUT2D eigenvalue weighted by Crippen LogP contribution is -2.47. The van der Waals surface area contributed by atoms with Crippen molar-refractivity contribution in [1.82, 2.24) is 35.1 Å². The smallest absolute Gasteiger partial charge is 0.352 e. The lowest BCUT2D eigenvalue weighted by molar-refractivity contribution is -0.136. The number of aromatic carboxylic acids is 1. The van der Waals surface area contributed by atoms with Crippen molar-refractivity contribution in [2.75, 3.05) is 11.9 Å². The van der Waals surface area contributed by atoms with Crippen molar-refractivity contribution in [3.63, 3.8) is 0 Å². The molecule has 2 atom stereocenters. The van der Waals surface area contributed by atoms with Crippen molar-refractivity contribution in [1.29, 1.82) is 0 Å². The third-order valence-corrected chi connectivity index (χ3v) is 7.43. The maximum atomic E-state index is 13.8. The Morgan fingerprint density at radius 2 is 2.05 bits per heavy atom. The molecule has 0 unspecified atom stereocenters. The molecule has 13 nitrogen and oxygen atoms in total. The lowest BCUT2D eigenvalue weighted by Gasteiger charge is -2.26. The number of likely N-dealkylation sites (tertiary alicyclic amines) is 1. The number of rotatable bonds is 9. The van der Waals surface area contributed by atoms with Crippen molar-refractivity contribution >= 4 is 52.1 Å². The number of carbonyl (C=O) groups is 3. The fraction of sp³-hybridized carbons (Fsp3) is 0.167. The van der Waals surface area contributed by atoms with Gasteiger partial charge in [0.25, 0.3) is 0 Å². The van der Waals surface area contributed by atoms with Gasteiger partial charge in [-0.25, -0.2) is 4.79 Å². The van der Waals surface area contributed by atoms with Crippen LogP contribution >= 0.6 is 11.6 Å². The van der Waals surface area contributed by atoms with E-state index in [4.69, 9.17) is 16.3 Å². The predicted octanol–water partition coefficient (Wildman–Crippen LogP) is 3.73. The highest BCUT2D eigenvalue weighted by Gasteiger charge is 2.42. The number of carboxylic acids is 1. The number of halogens is 1. The van der Waals surface area contributed by atoms with Crippen LogP contribution in [-0.2, 0) is 20.9 Å². The van der Waals surface area contributed by atoms with Gasteiger partial charge >= 0.3 is 5.97 Å². The largest absolute Gasteiger partial charge is 0.477 e. The van der Waals surface area contributed by atoms with Gasteiger partial charge in [-0.1, -0.05) is 17.7 Å². The van der Waals surface area contributed by atoms with Crippen LogP contribution in [-0.4, -0.2) is 76.7 Å².